The van der Waals surface area contributed by atoms with Gasteiger partial charge in [-0.1, -0.05) is 30.3 Å². The predicted octanol–water partition coefficient (Wildman–Crippen LogP) is 2.78. The molecular formula is C19H20F2N4O2. The van der Waals surface area contributed by atoms with Crippen molar-refractivity contribution in [2.45, 2.75) is 38.3 Å². The molecule has 1 aliphatic heterocycles. The minimum Gasteiger partial charge on any atom is -0.347 e. The van der Waals surface area contributed by atoms with Gasteiger partial charge >= 0.3 is 0 Å². The van der Waals surface area contributed by atoms with Gasteiger partial charge in [-0.3, -0.25) is 9.59 Å². The van der Waals surface area contributed by atoms with E-state index in [2.05, 4.69) is 15.3 Å². The second-order valence-electron chi connectivity index (χ2n) is 6.27. The van der Waals surface area contributed by atoms with E-state index in [1.807, 2.05) is 6.07 Å². The zero-order valence-electron chi connectivity index (χ0n) is 14.6. The lowest BCUT2D eigenvalue weighted by Gasteiger charge is -2.34. The Kier molecular flexibility index (Phi) is 6.05. The molecule has 0 radical (unpaired) electrons. The first-order valence-corrected chi connectivity index (χ1v) is 8.78. The monoisotopic (exact) mass is 374 g/mol. The quantitative estimate of drug-likeness (QED) is 0.844. The summed E-state index contributed by atoms with van der Waals surface area (Å²) in [6.45, 7) is 0.411. The van der Waals surface area contributed by atoms with E-state index in [0.717, 1.165) is 18.9 Å². The number of hydrogen-bond acceptors (Lipinski definition) is 4. The number of benzene rings is 1. The number of hydrogen-bond donors (Lipinski definition) is 1. The summed E-state index contributed by atoms with van der Waals surface area (Å²) in [5, 5.41) is 2.68. The molecule has 0 aliphatic carbocycles. The Balaban J connectivity index is 1.77. The highest BCUT2D eigenvalue weighted by Crippen LogP contribution is 2.26. The maximum absolute atomic E-state index is 12.9. The first kappa shape index (κ1) is 18.9. The smallest absolute Gasteiger partial charge is 0.280 e. The van der Waals surface area contributed by atoms with Gasteiger partial charge in [-0.25, -0.2) is 18.7 Å². The largest absolute Gasteiger partial charge is 0.347 e. The normalized spacial score (nSPS) is 15.7. The molecule has 1 fully saturated rings. The number of carbonyl (C=O) groups is 2. The van der Waals surface area contributed by atoms with Crippen LogP contribution < -0.4 is 5.32 Å². The molecule has 27 heavy (non-hydrogen) atoms. The van der Waals surface area contributed by atoms with Crippen molar-refractivity contribution in [3.8, 4) is 0 Å². The van der Waals surface area contributed by atoms with Gasteiger partial charge in [0.15, 0.2) is 0 Å². The Hall–Kier alpha value is -2.90. The van der Waals surface area contributed by atoms with Crippen LogP contribution in [0.4, 0.5) is 8.78 Å². The van der Waals surface area contributed by atoms with Crippen LogP contribution in [0.15, 0.2) is 42.6 Å². The third-order valence-electron chi connectivity index (χ3n) is 4.41. The van der Waals surface area contributed by atoms with Crippen LogP contribution in [-0.2, 0) is 16.1 Å². The van der Waals surface area contributed by atoms with Crippen LogP contribution in [0.3, 0.4) is 0 Å². The van der Waals surface area contributed by atoms with E-state index in [1.165, 1.54) is 6.20 Å². The Morgan fingerprint density at radius 1 is 1.19 bits per heavy atom. The maximum Gasteiger partial charge on any atom is 0.280 e. The molecule has 3 rings (SSSR count). The second-order valence-corrected chi connectivity index (χ2v) is 6.27. The van der Waals surface area contributed by atoms with Crippen LogP contribution in [0, 0.1) is 0 Å². The Morgan fingerprint density at radius 2 is 1.96 bits per heavy atom. The van der Waals surface area contributed by atoms with Gasteiger partial charge in [-0.05, 0) is 24.5 Å². The summed E-state index contributed by atoms with van der Waals surface area (Å²) in [6.07, 6.45) is 0.592. The minimum atomic E-state index is -2.70. The summed E-state index contributed by atoms with van der Waals surface area (Å²) >= 11 is 0. The second kappa shape index (κ2) is 8.66. The molecule has 0 saturated carbocycles. The molecule has 1 aromatic heterocycles. The lowest BCUT2D eigenvalue weighted by molar-refractivity contribution is -0.142. The van der Waals surface area contributed by atoms with Crippen molar-refractivity contribution in [2.75, 3.05) is 6.54 Å². The Morgan fingerprint density at radius 3 is 2.67 bits per heavy atom. The van der Waals surface area contributed by atoms with E-state index < -0.39 is 12.5 Å². The highest BCUT2D eigenvalue weighted by Gasteiger charge is 2.32. The summed E-state index contributed by atoms with van der Waals surface area (Å²) in [6, 6.07) is 9.39. The number of rotatable bonds is 6. The standard InChI is InChI=1S/C19H20F2N4O2/c20-18(21)14-9-10-22-15(24-14)12-23-19(27)17(13-6-2-1-3-7-13)25-11-5-4-8-16(25)26/h1-3,6-7,9-10,17-18H,4-5,8,11-12H2,(H,23,27). The lowest BCUT2D eigenvalue weighted by atomic mass is 10.0. The fourth-order valence-electron chi connectivity index (χ4n) is 3.09. The van der Waals surface area contributed by atoms with Crippen molar-refractivity contribution >= 4 is 11.8 Å². The molecule has 142 valence electrons. The first-order chi connectivity index (χ1) is 13.1. The van der Waals surface area contributed by atoms with Gasteiger partial charge in [0.1, 0.15) is 17.6 Å². The van der Waals surface area contributed by atoms with Gasteiger partial charge in [0.2, 0.25) is 11.8 Å². The first-order valence-electron chi connectivity index (χ1n) is 8.78. The SMILES string of the molecule is O=C(NCc1nccc(C(F)F)n1)C(c1ccccc1)N1CCCCC1=O. The number of nitrogens with zero attached hydrogens (tertiary/aromatic N) is 3. The van der Waals surface area contributed by atoms with Crippen LogP contribution in [0.5, 0.6) is 0 Å². The van der Waals surface area contributed by atoms with Crippen molar-refractivity contribution < 1.29 is 18.4 Å². The molecule has 1 aliphatic rings. The minimum absolute atomic E-state index is 0.0683. The molecule has 1 saturated heterocycles. The molecule has 1 N–H and O–H groups in total. The molecule has 1 atom stereocenters. The number of alkyl halides is 2. The molecule has 1 aromatic carbocycles. The van der Waals surface area contributed by atoms with Crippen LogP contribution in [0.1, 0.15) is 48.8 Å². The van der Waals surface area contributed by atoms with Crippen molar-refractivity contribution in [1.82, 2.24) is 20.2 Å². The van der Waals surface area contributed by atoms with E-state index in [0.29, 0.717) is 18.5 Å². The third kappa shape index (κ3) is 4.64. The number of amides is 2. The molecule has 0 spiro atoms. The van der Waals surface area contributed by atoms with E-state index in [1.54, 1.807) is 29.2 Å². The van der Waals surface area contributed by atoms with Crippen molar-refractivity contribution in [2.24, 2.45) is 0 Å². The summed E-state index contributed by atoms with van der Waals surface area (Å²) in [4.78, 5) is 34.5. The van der Waals surface area contributed by atoms with Crippen molar-refractivity contribution in [3.63, 3.8) is 0 Å². The fraction of sp³-hybridized carbons (Fsp3) is 0.368. The molecule has 2 heterocycles. The molecule has 8 heteroatoms. The summed E-state index contributed by atoms with van der Waals surface area (Å²) in [5.41, 5.74) is 0.313. The maximum atomic E-state index is 12.9. The number of piperidine rings is 1. The number of likely N-dealkylation sites (tertiary alicyclic amines) is 1. The van der Waals surface area contributed by atoms with E-state index in [-0.39, 0.29) is 29.9 Å². The number of nitrogens with one attached hydrogen (secondary N) is 1. The predicted molar refractivity (Wildman–Crippen MR) is 93.6 cm³/mol. The van der Waals surface area contributed by atoms with Gasteiger partial charge in [-0.15, -0.1) is 0 Å². The van der Waals surface area contributed by atoms with Crippen molar-refractivity contribution in [3.05, 3.63) is 59.7 Å². The lowest BCUT2D eigenvalue weighted by Crippen LogP contribution is -2.45. The number of aromatic nitrogens is 2. The molecular weight excluding hydrogens is 354 g/mol. The average molecular weight is 374 g/mol. The number of halogens is 2. The zero-order valence-corrected chi connectivity index (χ0v) is 14.6. The molecule has 6 nitrogen and oxygen atoms in total. The van der Waals surface area contributed by atoms with Crippen LogP contribution >= 0.6 is 0 Å². The Labute approximate surface area is 155 Å². The molecule has 2 aromatic rings. The molecule has 2 amide bonds. The summed E-state index contributed by atoms with van der Waals surface area (Å²) in [7, 11) is 0. The van der Waals surface area contributed by atoms with Crippen LogP contribution in [0.2, 0.25) is 0 Å². The zero-order chi connectivity index (χ0) is 19.2. The van der Waals surface area contributed by atoms with Crippen LogP contribution in [0.25, 0.3) is 0 Å². The molecule has 1 unspecified atom stereocenters. The van der Waals surface area contributed by atoms with Gasteiger partial charge in [-0.2, -0.15) is 0 Å². The van der Waals surface area contributed by atoms with Gasteiger partial charge < -0.3 is 10.2 Å². The topological polar surface area (TPSA) is 75.2 Å². The fourth-order valence-corrected chi connectivity index (χ4v) is 3.09. The highest BCUT2D eigenvalue weighted by molar-refractivity contribution is 5.89. The molecule has 0 bridgehead atoms. The summed E-state index contributed by atoms with van der Waals surface area (Å²) in [5.74, 6) is -0.360. The van der Waals surface area contributed by atoms with Gasteiger partial charge in [0.25, 0.3) is 6.43 Å². The van der Waals surface area contributed by atoms with E-state index >= 15 is 0 Å². The van der Waals surface area contributed by atoms with Gasteiger partial charge in [0.05, 0.1) is 6.54 Å². The van der Waals surface area contributed by atoms with E-state index in [4.69, 9.17) is 0 Å². The van der Waals surface area contributed by atoms with Crippen molar-refractivity contribution in [1.29, 1.82) is 0 Å². The number of carbonyl (C=O) groups excluding carboxylic acids is 2. The Bertz CT molecular complexity index is 801. The van der Waals surface area contributed by atoms with Crippen LogP contribution in [-0.4, -0.2) is 33.2 Å². The third-order valence-corrected chi connectivity index (χ3v) is 4.41. The summed E-state index contributed by atoms with van der Waals surface area (Å²) < 4.78 is 25.5. The average Bonchev–Trinajstić information content (AvgIpc) is 2.69. The van der Waals surface area contributed by atoms with E-state index in [9.17, 15) is 18.4 Å². The van der Waals surface area contributed by atoms with Gasteiger partial charge in [0, 0.05) is 19.2 Å². The highest BCUT2D eigenvalue weighted by atomic mass is 19.3.